The Morgan fingerprint density at radius 1 is 1.27 bits per heavy atom. The van der Waals surface area contributed by atoms with Crippen molar-refractivity contribution in [2.45, 2.75) is 45.1 Å². The zero-order valence-corrected chi connectivity index (χ0v) is 14.3. The number of hydrogen-bond acceptors (Lipinski definition) is 2. The van der Waals surface area contributed by atoms with E-state index in [0.29, 0.717) is 24.3 Å². The van der Waals surface area contributed by atoms with E-state index in [-0.39, 0.29) is 0 Å². The third-order valence-electron chi connectivity index (χ3n) is 4.92. The van der Waals surface area contributed by atoms with Gasteiger partial charge >= 0.3 is 0 Å². The highest BCUT2D eigenvalue weighted by atomic mass is 16.2. The van der Waals surface area contributed by atoms with Gasteiger partial charge in [0.1, 0.15) is 0 Å². The van der Waals surface area contributed by atoms with Gasteiger partial charge in [0.25, 0.3) is 0 Å². The fourth-order valence-corrected chi connectivity index (χ4v) is 3.19. The summed E-state index contributed by atoms with van der Waals surface area (Å²) in [4.78, 5) is 16.8. The average molecular weight is 302 g/mol. The summed E-state index contributed by atoms with van der Waals surface area (Å²) in [7, 11) is 4.14. The summed E-state index contributed by atoms with van der Waals surface area (Å²) in [5.41, 5.74) is 1.37. The second-order valence-corrected chi connectivity index (χ2v) is 6.87. The predicted octanol–water partition coefficient (Wildman–Crippen LogP) is 3.20. The third kappa shape index (κ3) is 5.13. The van der Waals surface area contributed by atoms with Crippen molar-refractivity contribution in [1.29, 1.82) is 0 Å². The van der Waals surface area contributed by atoms with Gasteiger partial charge in [-0.1, -0.05) is 37.3 Å². The molecule has 3 nitrogen and oxygen atoms in total. The predicted molar refractivity (Wildman–Crippen MR) is 91.8 cm³/mol. The standard InChI is InChI=1S/C19H30N2O/c1-16(9-10-17-7-5-4-6-8-17)15-19(22)21(3)18-11-13-20(2)14-12-18/h4-8,16,18H,9-15H2,1-3H3/t16-/m0/s1. The van der Waals surface area contributed by atoms with Crippen molar-refractivity contribution in [2.24, 2.45) is 5.92 Å². The molecule has 1 aromatic carbocycles. The molecule has 0 aliphatic carbocycles. The van der Waals surface area contributed by atoms with Crippen LogP contribution in [0.15, 0.2) is 30.3 Å². The van der Waals surface area contributed by atoms with Crippen LogP contribution in [0.4, 0.5) is 0 Å². The van der Waals surface area contributed by atoms with Crippen molar-refractivity contribution in [3.8, 4) is 0 Å². The number of rotatable bonds is 6. The first-order valence-electron chi connectivity index (χ1n) is 8.54. The molecule has 1 aliphatic rings. The van der Waals surface area contributed by atoms with Gasteiger partial charge in [0, 0.05) is 19.5 Å². The number of hydrogen-bond donors (Lipinski definition) is 0. The first-order chi connectivity index (χ1) is 10.6. The lowest BCUT2D eigenvalue weighted by atomic mass is 9.96. The van der Waals surface area contributed by atoms with E-state index in [1.807, 2.05) is 18.0 Å². The molecule has 1 atom stereocenters. The minimum absolute atomic E-state index is 0.315. The van der Waals surface area contributed by atoms with Crippen LogP contribution in [0.1, 0.15) is 38.2 Å². The molecule has 1 amide bonds. The van der Waals surface area contributed by atoms with E-state index < -0.39 is 0 Å². The van der Waals surface area contributed by atoms with Crippen LogP contribution in [0.2, 0.25) is 0 Å². The molecule has 0 spiro atoms. The zero-order valence-electron chi connectivity index (χ0n) is 14.3. The van der Waals surface area contributed by atoms with E-state index in [2.05, 4.69) is 43.1 Å². The second-order valence-electron chi connectivity index (χ2n) is 6.87. The van der Waals surface area contributed by atoms with E-state index in [1.54, 1.807) is 0 Å². The Morgan fingerprint density at radius 3 is 2.55 bits per heavy atom. The zero-order chi connectivity index (χ0) is 15.9. The molecule has 0 unspecified atom stereocenters. The summed E-state index contributed by atoms with van der Waals surface area (Å²) < 4.78 is 0. The van der Waals surface area contributed by atoms with Crippen molar-refractivity contribution >= 4 is 5.91 Å². The lowest BCUT2D eigenvalue weighted by molar-refractivity contribution is -0.133. The van der Waals surface area contributed by atoms with Crippen LogP contribution in [0.5, 0.6) is 0 Å². The second kappa shape index (κ2) is 8.33. The maximum Gasteiger partial charge on any atom is 0.222 e. The Hall–Kier alpha value is -1.35. The van der Waals surface area contributed by atoms with Gasteiger partial charge in [0.15, 0.2) is 0 Å². The molecule has 1 heterocycles. The maximum atomic E-state index is 12.5. The molecule has 0 radical (unpaired) electrons. The number of carbonyl (C=O) groups excluding carboxylic acids is 1. The summed E-state index contributed by atoms with van der Waals surface area (Å²) in [6.07, 6.45) is 5.04. The Kier molecular flexibility index (Phi) is 6.44. The Morgan fingerprint density at radius 2 is 1.91 bits per heavy atom. The Bertz CT molecular complexity index is 452. The van der Waals surface area contributed by atoms with Crippen LogP contribution in [0.25, 0.3) is 0 Å². The largest absolute Gasteiger partial charge is 0.343 e. The van der Waals surface area contributed by atoms with E-state index in [0.717, 1.165) is 38.8 Å². The van der Waals surface area contributed by atoms with Gasteiger partial charge in [0.05, 0.1) is 0 Å². The number of aryl methyl sites for hydroxylation is 1. The highest BCUT2D eigenvalue weighted by molar-refractivity contribution is 5.76. The van der Waals surface area contributed by atoms with Gasteiger partial charge in [-0.3, -0.25) is 4.79 Å². The van der Waals surface area contributed by atoms with Crippen molar-refractivity contribution in [3.63, 3.8) is 0 Å². The molecule has 122 valence electrons. The number of piperidine rings is 1. The van der Waals surface area contributed by atoms with E-state index in [4.69, 9.17) is 0 Å². The van der Waals surface area contributed by atoms with Crippen LogP contribution < -0.4 is 0 Å². The molecule has 1 saturated heterocycles. The minimum atomic E-state index is 0.315. The smallest absolute Gasteiger partial charge is 0.222 e. The van der Waals surface area contributed by atoms with Gasteiger partial charge in [-0.25, -0.2) is 0 Å². The third-order valence-corrected chi connectivity index (χ3v) is 4.92. The maximum absolute atomic E-state index is 12.5. The molecular formula is C19H30N2O. The number of nitrogens with zero attached hydrogens (tertiary/aromatic N) is 2. The van der Waals surface area contributed by atoms with Crippen LogP contribution in [0, 0.1) is 5.92 Å². The summed E-state index contributed by atoms with van der Waals surface area (Å²) in [5, 5.41) is 0. The lowest BCUT2D eigenvalue weighted by Crippen LogP contribution is -2.44. The van der Waals surface area contributed by atoms with Crippen molar-refractivity contribution in [2.75, 3.05) is 27.2 Å². The quantitative estimate of drug-likeness (QED) is 0.805. The minimum Gasteiger partial charge on any atom is -0.343 e. The van der Waals surface area contributed by atoms with Crippen LogP contribution >= 0.6 is 0 Å². The van der Waals surface area contributed by atoms with E-state index in [1.165, 1.54) is 5.56 Å². The number of carbonyl (C=O) groups is 1. The van der Waals surface area contributed by atoms with Crippen LogP contribution in [-0.4, -0.2) is 48.9 Å². The Labute approximate surface area is 135 Å². The summed E-state index contributed by atoms with van der Waals surface area (Å²) >= 11 is 0. The number of likely N-dealkylation sites (tertiary alicyclic amines) is 1. The summed E-state index contributed by atoms with van der Waals surface area (Å²) in [5.74, 6) is 0.761. The normalized spacial score (nSPS) is 18.1. The lowest BCUT2D eigenvalue weighted by Gasteiger charge is -2.35. The van der Waals surface area contributed by atoms with Gasteiger partial charge < -0.3 is 9.80 Å². The topological polar surface area (TPSA) is 23.6 Å². The van der Waals surface area contributed by atoms with Gasteiger partial charge in [-0.15, -0.1) is 0 Å². The van der Waals surface area contributed by atoms with Gasteiger partial charge in [-0.2, -0.15) is 0 Å². The van der Waals surface area contributed by atoms with Crippen molar-refractivity contribution < 1.29 is 4.79 Å². The highest BCUT2D eigenvalue weighted by Crippen LogP contribution is 2.18. The van der Waals surface area contributed by atoms with Crippen molar-refractivity contribution in [3.05, 3.63) is 35.9 Å². The summed E-state index contributed by atoms with van der Waals surface area (Å²) in [6, 6.07) is 11.0. The van der Waals surface area contributed by atoms with E-state index in [9.17, 15) is 4.79 Å². The molecule has 0 bridgehead atoms. The average Bonchev–Trinajstić information content (AvgIpc) is 2.54. The fourth-order valence-electron chi connectivity index (χ4n) is 3.19. The Balaban J connectivity index is 1.73. The first kappa shape index (κ1) is 17.0. The SMILES string of the molecule is C[C@@H](CCc1ccccc1)CC(=O)N(C)C1CCN(C)CC1. The molecule has 0 saturated carbocycles. The van der Waals surface area contributed by atoms with Gasteiger partial charge in [-0.05, 0) is 57.3 Å². The molecule has 2 rings (SSSR count). The molecular weight excluding hydrogens is 272 g/mol. The highest BCUT2D eigenvalue weighted by Gasteiger charge is 2.24. The molecule has 1 aromatic rings. The van der Waals surface area contributed by atoms with Crippen LogP contribution in [-0.2, 0) is 11.2 Å². The van der Waals surface area contributed by atoms with Crippen molar-refractivity contribution in [1.82, 2.24) is 9.80 Å². The molecule has 0 aromatic heterocycles. The molecule has 3 heteroatoms. The number of benzene rings is 1. The first-order valence-corrected chi connectivity index (χ1v) is 8.54. The molecule has 22 heavy (non-hydrogen) atoms. The summed E-state index contributed by atoms with van der Waals surface area (Å²) in [6.45, 7) is 4.40. The number of amides is 1. The van der Waals surface area contributed by atoms with Crippen LogP contribution in [0.3, 0.4) is 0 Å². The molecule has 1 fully saturated rings. The molecule has 0 N–H and O–H groups in total. The fraction of sp³-hybridized carbons (Fsp3) is 0.632. The monoisotopic (exact) mass is 302 g/mol. The van der Waals surface area contributed by atoms with E-state index >= 15 is 0 Å². The molecule has 1 aliphatic heterocycles. The van der Waals surface area contributed by atoms with Gasteiger partial charge in [0.2, 0.25) is 5.91 Å².